The number of rotatable bonds is 12. The lowest BCUT2D eigenvalue weighted by Crippen LogP contribution is -2.38. The number of hydrogen-bond donors (Lipinski definition) is 0. The lowest BCUT2D eigenvalue weighted by Gasteiger charge is -2.22. The monoisotopic (exact) mass is 352 g/mol. The highest BCUT2D eigenvalue weighted by molar-refractivity contribution is 5.85. The molecule has 2 aliphatic rings. The first-order valence-corrected chi connectivity index (χ1v) is 9.86. The van der Waals surface area contributed by atoms with Gasteiger partial charge in [-0.15, -0.1) is 0 Å². The Morgan fingerprint density at radius 3 is 1.60 bits per heavy atom. The maximum atomic E-state index is 12.5. The van der Waals surface area contributed by atoms with Crippen LogP contribution in [0.25, 0.3) is 0 Å². The van der Waals surface area contributed by atoms with E-state index in [1.165, 1.54) is 0 Å². The molecule has 4 atom stereocenters. The zero-order valence-corrected chi connectivity index (χ0v) is 15.6. The minimum atomic E-state index is -0.565. The summed E-state index contributed by atoms with van der Waals surface area (Å²) in [4.78, 5) is 24.9. The molecule has 0 spiro atoms. The number of hydrogen-bond acceptors (Lipinski definition) is 5. The number of carbonyl (C=O) groups is 2. The summed E-state index contributed by atoms with van der Waals surface area (Å²) in [6.45, 7) is 5.11. The summed E-state index contributed by atoms with van der Waals surface area (Å²) in [7, 11) is 0. The van der Waals surface area contributed by atoms with Gasteiger partial charge in [0.15, 0.2) is 0 Å². The van der Waals surface area contributed by atoms with E-state index in [-0.39, 0.29) is 24.1 Å². The first-order valence-electron chi connectivity index (χ1n) is 9.86. The van der Waals surface area contributed by atoms with Crippen LogP contribution in [0.1, 0.15) is 65.2 Å². The van der Waals surface area contributed by atoms with Gasteiger partial charge in [0.05, 0.1) is 25.4 Å². The number of esters is 2. The largest absolute Gasteiger partial charge is 0.465 e. The molecule has 0 aromatic carbocycles. The van der Waals surface area contributed by atoms with Gasteiger partial charge in [0.1, 0.15) is 11.8 Å². The maximum absolute atomic E-state index is 12.5. The fourth-order valence-electron chi connectivity index (χ4n) is 3.47. The Morgan fingerprint density at radius 1 is 0.760 bits per heavy atom. The molecule has 2 heterocycles. The Labute approximate surface area is 151 Å². The number of ether oxygens (including phenoxy) is 3. The highest BCUT2D eigenvalue weighted by Gasteiger charge is 2.54. The van der Waals surface area contributed by atoms with E-state index in [4.69, 9.17) is 14.2 Å². The summed E-state index contributed by atoms with van der Waals surface area (Å²) in [6.07, 6.45) is 11.4. The van der Waals surface area contributed by atoms with Gasteiger partial charge in [-0.1, -0.05) is 64.5 Å². The molecule has 2 rings (SSSR count). The molecule has 2 aliphatic heterocycles. The molecule has 0 N–H and O–H groups in total. The zero-order valence-electron chi connectivity index (χ0n) is 15.6. The van der Waals surface area contributed by atoms with Crippen LogP contribution in [0.3, 0.4) is 0 Å². The second kappa shape index (κ2) is 10.6. The van der Waals surface area contributed by atoms with Crippen LogP contribution in [0.4, 0.5) is 0 Å². The summed E-state index contributed by atoms with van der Waals surface area (Å²) >= 11 is 0. The van der Waals surface area contributed by atoms with E-state index < -0.39 is 11.8 Å². The molecule has 1 fully saturated rings. The molecule has 0 amide bonds. The molecule has 25 heavy (non-hydrogen) atoms. The van der Waals surface area contributed by atoms with Crippen molar-refractivity contribution in [3.05, 3.63) is 12.2 Å². The Balaban J connectivity index is 1.80. The van der Waals surface area contributed by atoms with E-state index in [0.29, 0.717) is 13.2 Å². The van der Waals surface area contributed by atoms with E-state index >= 15 is 0 Å². The van der Waals surface area contributed by atoms with Gasteiger partial charge in [-0.05, 0) is 12.8 Å². The molecule has 2 bridgehead atoms. The van der Waals surface area contributed by atoms with Crippen molar-refractivity contribution in [3.63, 3.8) is 0 Å². The van der Waals surface area contributed by atoms with Crippen molar-refractivity contribution in [1.82, 2.24) is 0 Å². The zero-order chi connectivity index (χ0) is 18.1. The van der Waals surface area contributed by atoms with Crippen LogP contribution in [0.2, 0.25) is 0 Å². The smallest absolute Gasteiger partial charge is 0.312 e. The van der Waals surface area contributed by atoms with Crippen LogP contribution in [0.15, 0.2) is 12.2 Å². The van der Waals surface area contributed by atoms with E-state index in [9.17, 15) is 9.59 Å². The number of unbranched alkanes of at least 4 members (excludes halogenated alkanes) is 6. The number of carbonyl (C=O) groups excluding carboxylic acids is 2. The molecular formula is C20H32O5. The van der Waals surface area contributed by atoms with Gasteiger partial charge in [0.2, 0.25) is 0 Å². The molecule has 5 heteroatoms. The van der Waals surface area contributed by atoms with Crippen molar-refractivity contribution in [1.29, 1.82) is 0 Å². The van der Waals surface area contributed by atoms with Crippen molar-refractivity contribution < 1.29 is 23.8 Å². The average molecular weight is 352 g/mol. The molecule has 1 saturated heterocycles. The Morgan fingerprint density at radius 2 is 1.20 bits per heavy atom. The predicted octanol–water partition coefficient (Wildman–Crippen LogP) is 3.80. The molecule has 0 saturated carbocycles. The summed E-state index contributed by atoms with van der Waals surface area (Å²) < 4.78 is 16.5. The SMILES string of the molecule is CCCCCCOC(=O)C1C2C=CC(O2)C1C(=O)OCCCCCC. The first kappa shape index (κ1) is 20.0. The normalized spacial score (nSPS) is 26.8. The molecule has 142 valence electrons. The molecule has 0 radical (unpaired) electrons. The highest BCUT2D eigenvalue weighted by Crippen LogP contribution is 2.40. The second-order valence-electron chi connectivity index (χ2n) is 6.96. The van der Waals surface area contributed by atoms with Gasteiger partial charge >= 0.3 is 11.9 Å². The lowest BCUT2D eigenvalue weighted by atomic mass is 9.83. The minimum absolute atomic E-state index is 0.332. The summed E-state index contributed by atoms with van der Waals surface area (Å²) in [6, 6.07) is 0. The summed E-state index contributed by atoms with van der Waals surface area (Å²) in [5.41, 5.74) is 0. The summed E-state index contributed by atoms with van der Waals surface area (Å²) in [5.74, 6) is -1.80. The van der Waals surface area contributed by atoms with E-state index in [0.717, 1.165) is 51.4 Å². The van der Waals surface area contributed by atoms with Gasteiger partial charge in [-0.2, -0.15) is 0 Å². The third kappa shape index (κ3) is 5.56. The van der Waals surface area contributed by atoms with Crippen molar-refractivity contribution >= 4 is 11.9 Å². The lowest BCUT2D eigenvalue weighted by molar-refractivity contribution is -0.160. The van der Waals surface area contributed by atoms with Crippen LogP contribution in [0.5, 0.6) is 0 Å². The minimum Gasteiger partial charge on any atom is -0.465 e. The van der Waals surface area contributed by atoms with Gasteiger partial charge in [-0.25, -0.2) is 0 Å². The molecule has 5 nitrogen and oxygen atoms in total. The van der Waals surface area contributed by atoms with Gasteiger partial charge in [0.25, 0.3) is 0 Å². The Bertz CT molecular complexity index is 419. The third-order valence-electron chi connectivity index (χ3n) is 4.93. The molecular weight excluding hydrogens is 320 g/mol. The Kier molecular flexibility index (Phi) is 8.45. The van der Waals surface area contributed by atoms with E-state index in [1.54, 1.807) is 0 Å². The molecule has 0 aliphatic carbocycles. The maximum Gasteiger partial charge on any atom is 0.312 e. The van der Waals surface area contributed by atoms with Crippen LogP contribution >= 0.6 is 0 Å². The van der Waals surface area contributed by atoms with Crippen LogP contribution in [0, 0.1) is 11.8 Å². The van der Waals surface area contributed by atoms with Crippen molar-refractivity contribution in [2.24, 2.45) is 11.8 Å². The highest BCUT2D eigenvalue weighted by atomic mass is 16.6. The Hall–Kier alpha value is -1.36. The van der Waals surface area contributed by atoms with Crippen molar-refractivity contribution in [3.8, 4) is 0 Å². The molecule has 0 aromatic heterocycles. The fraction of sp³-hybridized carbons (Fsp3) is 0.800. The van der Waals surface area contributed by atoms with Crippen LogP contribution in [-0.4, -0.2) is 37.4 Å². The second-order valence-corrected chi connectivity index (χ2v) is 6.96. The number of fused-ring (bicyclic) bond motifs is 2. The average Bonchev–Trinajstić information content (AvgIpc) is 3.22. The van der Waals surface area contributed by atoms with Crippen LogP contribution in [-0.2, 0) is 23.8 Å². The first-order chi connectivity index (χ1) is 12.2. The predicted molar refractivity (Wildman–Crippen MR) is 95.0 cm³/mol. The van der Waals surface area contributed by atoms with Gasteiger partial charge in [-0.3, -0.25) is 9.59 Å². The fourth-order valence-corrected chi connectivity index (χ4v) is 3.47. The third-order valence-corrected chi connectivity index (χ3v) is 4.93. The van der Waals surface area contributed by atoms with E-state index in [1.807, 2.05) is 12.2 Å². The summed E-state index contributed by atoms with van der Waals surface area (Å²) in [5, 5.41) is 0. The van der Waals surface area contributed by atoms with E-state index in [2.05, 4.69) is 13.8 Å². The van der Waals surface area contributed by atoms with Crippen molar-refractivity contribution in [2.75, 3.05) is 13.2 Å². The van der Waals surface area contributed by atoms with Gasteiger partial charge in [0, 0.05) is 0 Å². The quantitative estimate of drug-likeness (QED) is 0.304. The standard InChI is InChI=1S/C20H32O5/c1-3-5-7-9-13-23-19(21)17-15-11-12-16(25-15)18(17)20(22)24-14-10-8-6-4-2/h11-12,15-18H,3-10,13-14H2,1-2H3. The molecule has 0 aromatic rings. The van der Waals surface area contributed by atoms with Gasteiger partial charge < -0.3 is 14.2 Å². The molecule has 4 unspecified atom stereocenters. The topological polar surface area (TPSA) is 61.8 Å². The van der Waals surface area contributed by atoms with Crippen molar-refractivity contribution in [2.45, 2.75) is 77.4 Å². The van der Waals surface area contributed by atoms with Crippen LogP contribution < -0.4 is 0 Å².